The SMILES string of the molecule is CCc1c(NC)ncnc1N1CCN(C)C(C)(C)C1. The minimum Gasteiger partial charge on any atom is -0.373 e. The van der Waals surface area contributed by atoms with Gasteiger partial charge in [0.15, 0.2) is 0 Å². The van der Waals surface area contributed by atoms with Crippen LogP contribution in [0.1, 0.15) is 26.3 Å². The predicted molar refractivity (Wildman–Crippen MR) is 79.9 cm³/mol. The molecule has 1 N–H and O–H groups in total. The molecule has 0 unspecified atom stereocenters. The Morgan fingerprint density at radius 3 is 2.63 bits per heavy atom. The molecule has 1 fully saturated rings. The molecule has 0 amide bonds. The van der Waals surface area contributed by atoms with Gasteiger partial charge in [0.05, 0.1) is 0 Å². The highest BCUT2D eigenvalue weighted by molar-refractivity contribution is 5.59. The van der Waals surface area contributed by atoms with Crippen molar-refractivity contribution >= 4 is 11.6 Å². The molecule has 5 nitrogen and oxygen atoms in total. The lowest BCUT2D eigenvalue weighted by molar-refractivity contribution is 0.138. The Hall–Kier alpha value is -1.36. The van der Waals surface area contributed by atoms with Crippen molar-refractivity contribution in [1.82, 2.24) is 14.9 Å². The number of piperazine rings is 1. The highest BCUT2D eigenvalue weighted by Gasteiger charge is 2.32. The lowest BCUT2D eigenvalue weighted by Gasteiger charge is -2.46. The number of rotatable bonds is 3. The normalized spacial score (nSPS) is 19.5. The van der Waals surface area contributed by atoms with Crippen LogP contribution in [-0.4, -0.2) is 54.1 Å². The molecule has 19 heavy (non-hydrogen) atoms. The van der Waals surface area contributed by atoms with E-state index in [1.165, 1.54) is 5.56 Å². The van der Waals surface area contributed by atoms with Gasteiger partial charge in [0.1, 0.15) is 18.0 Å². The molecule has 0 spiro atoms. The summed E-state index contributed by atoms with van der Waals surface area (Å²) in [6.07, 6.45) is 2.60. The lowest BCUT2D eigenvalue weighted by Crippen LogP contribution is -2.58. The van der Waals surface area contributed by atoms with Crippen LogP contribution in [0.3, 0.4) is 0 Å². The van der Waals surface area contributed by atoms with E-state index in [2.05, 4.69) is 52.9 Å². The first-order valence-electron chi connectivity index (χ1n) is 6.97. The van der Waals surface area contributed by atoms with Gasteiger partial charge < -0.3 is 10.2 Å². The van der Waals surface area contributed by atoms with Crippen molar-refractivity contribution in [3.63, 3.8) is 0 Å². The largest absolute Gasteiger partial charge is 0.373 e. The molecule has 1 aromatic rings. The van der Waals surface area contributed by atoms with Crippen LogP contribution < -0.4 is 10.2 Å². The first-order valence-corrected chi connectivity index (χ1v) is 6.97. The average Bonchev–Trinajstić information content (AvgIpc) is 2.40. The van der Waals surface area contributed by atoms with Gasteiger partial charge in [0.2, 0.25) is 0 Å². The van der Waals surface area contributed by atoms with Crippen LogP contribution >= 0.6 is 0 Å². The molecule has 0 saturated carbocycles. The Kier molecular flexibility index (Phi) is 3.94. The van der Waals surface area contributed by atoms with Gasteiger partial charge in [-0.1, -0.05) is 6.92 Å². The van der Waals surface area contributed by atoms with E-state index in [1.54, 1.807) is 6.33 Å². The van der Waals surface area contributed by atoms with Crippen molar-refractivity contribution in [3.8, 4) is 0 Å². The average molecular weight is 263 g/mol. The lowest BCUT2D eigenvalue weighted by atomic mass is 9.99. The standard InChI is InChI=1S/C14H25N5/c1-6-11-12(15-4)16-10-17-13(11)19-8-7-18(5)14(2,3)9-19/h10H,6-9H2,1-5H3,(H,15,16,17). The second kappa shape index (κ2) is 5.33. The quantitative estimate of drug-likeness (QED) is 0.897. The molecule has 2 rings (SSSR count). The highest BCUT2D eigenvalue weighted by atomic mass is 15.3. The Morgan fingerprint density at radius 2 is 2.05 bits per heavy atom. The van der Waals surface area contributed by atoms with Crippen molar-refractivity contribution in [2.45, 2.75) is 32.7 Å². The van der Waals surface area contributed by atoms with Crippen LogP contribution in [-0.2, 0) is 6.42 Å². The molecule has 0 atom stereocenters. The highest BCUT2D eigenvalue weighted by Crippen LogP contribution is 2.28. The summed E-state index contributed by atoms with van der Waals surface area (Å²) < 4.78 is 0. The van der Waals surface area contributed by atoms with Gasteiger partial charge in [-0.2, -0.15) is 0 Å². The molecule has 1 aromatic heterocycles. The van der Waals surface area contributed by atoms with Crippen LogP contribution in [0.5, 0.6) is 0 Å². The maximum atomic E-state index is 4.53. The maximum absolute atomic E-state index is 4.53. The van der Waals surface area contributed by atoms with Gasteiger partial charge in [0.25, 0.3) is 0 Å². The van der Waals surface area contributed by atoms with Crippen LogP contribution in [0.2, 0.25) is 0 Å². The van der Waals surface area contributed by atoms with Gasteiger partial charge >= 0.3 is 0 Å². The second-order valence-corrected chi connectivity index (χ2v) is 5.78. The fraction of sp³-hybridized carbons (Fsp3) is 0.714. The number of anilines is 2. The third-order valence-corrected chi connectivity index (χ3v) is 4.13. The molecule has 0 aliphatic carbocycles. The van der Waals surface area contributed by atoms with Gasteiger partial charge in [-0.25, -0.2) is 9.97 Å². The Labute approximate surface area is 116 Å². The van der Waals surface area contributed by atoms with Crippen molar-refractivity contribution in [2.24, 2.45) is 0 Å². The molecule has 1 aliphatic rings. The van der Waals surface area contributed by atoms with Crippen LogP contribution in [0, 0.1) is 0 Å². The zero-order chi connectivity index (χ0) is 14.0. The van der Waals surface area contributed by atoms with E-state index in [0.717, 1.165) is 37.7 Å². The van der Waals surface area contributed by atoms with Crippen molar-refractivity contribution in [3.05, 3.63) is 11.9 Å². The van der Waals surface area contributed by atoms with Gasteiger partial charge in [-0.15, -0.1) is 0 Å². The first kappa shape index (κ1) is 14.1. The van der Waals surface area contributed by atoms with Gasteiger partial charge in [-0.3, -0.25) is 4.90 Å². The van der Waals surface area contributed by atoms with Crippen molar-refractivity contribution < 1.29 is 0 Å². The zero-order valence-corrected chi connectivity index (χ0v) is 12.7. The molecule has 1 saturated heterocycles. The molecule has 5 heteroatoms. The summed E-state index contributed by atoms with van der Waals surface area (Å²) in [6.45, 7) is 9.80. The molecule has 0 radical (unpaired) electrons. The van der Waals surface area contributed by atoms with Gasteiger partial charge in [-0.05, 0) is 27.3 Å². The summed E-state index contributed by atoms with van der Waals surface area (Å²) in [7, 11) is 4.11. The van der Waals surface area contributed by atoms with Crippen molar-refractivity contribution in [2.75, 3.05) is 43.9 Å². The van der Waals surface area contributed by atoms with E-state index >= 15 is 0 Å². The summed E-state index contributed by atoms with van der Waals surface area (Å²) in [5.41, 5.74) is 1.39. The summed E-state index contributed by atoms with van der Waals surface area (Å²) in [4.78, 5) is 13.6. The van der Waals surface area contributed by atoms with E-state index in [9.17, 15) is 0 Å². The number of hydrogen-bond acceptors (Lipinski definition) is 5. The third-order valence-electron chi connectivity index (χ3n) is 4.13. The van der Waals surface area contributed by atoms with E-state index in [4.69, 9.17) is 0 Å². The predicted octanol–water partition coefficient (Wildman–Crippen LogP) is 1.61. The number of likely N-dealkylation sites (N-methyl/N-ethyl adjacent to an activating group) is 1. The zero-order valence-electron chi connectivity index (χ0n) is 12.7. The van der Waals surface area contributed by atoms with Crippen LogP contribution in [0.4, 0.5) is 11.6 Å². The minimum atomic E-state index is 0.175. The molecular weight excluding hydrogens is 238 g/mol. The monoisotopic (exact) mass is 263 g/mol. The number of aromatic nitrogens is 2. The minimum absolute atomic E-state index is 0.175. The molecule has 1 aliphatic heterocycles. The molecule has 0 aromatic carbocycles. The summed E-state index contributed by atoms with van der Waals surface area (Å²) in [5.74, 6) is 2.03. The fourth-order valence-electron chi connectivity index (χ4n) is 2.64. The Balaban J connectivity index is 2.32. The molecule has 0 bridgehead atoms. The maximum Gasteiger partial charge on any atom is 0.137 e. The topological polar surface area (TPSA) is 44.3 Å². The van der Waals surface area contributed by atoms with Crippen LogP contribution in [0.25, 0.3) is 0 Å². The number of nitrogens with zero attached hydrogens (tertiary/aromatic N) is 4. The van der Waals surface area contributed by atoms with Crippen molar-refractivity contribution in [1.29, 1.82) is 0 Å². The summed E-state index contributed by atoms with van der Waals surface area (Å²) >= 11 is 0. The summed E-state index contributed by atoms with van der Waals surface area (Å²) in [5, 5.41) is 3.17. The number of hydrogen-bond donors (Lipinski definition) is 1. The van der Waals surface area contributed by atoms with E-state index in [-0.39, 0.29) is 5.54 Å². The molecule has 106 valence electrons. The molecular formula is C14H25N5. The molecule has 2 heterocycles. The van der Waals surface area contributed by atoms with E-state index < -0.39 is 0 Å². The first-order chi connectivity index (χ1) is 8.99. The second-order valence-electron chi connectivity index (χ2n) is 5.78. The summed E-state index contributed by atoms with van der Waals surface area (Å²) in [6, 6.07) is 0. The number of nitrogens with one attached hydrogen (secondary N) is 1. The van der Waals surface area contributed by atoms with E-state index in [1.807, 2.05) is 7.05 Å². The Morgan fingerprint density at radius 1 is 1.32 bits per heavy atom. The third kappa shape index (κ3) is 2.66. The van der Waals surface area contributed by atoms with Crippen LogP contribution in [0.15, 0.2) is 6.33 Å². The fourth-order valence-corrected chi connectivity index (χ4v) is 2.64. The van der Waals surface area contributed by atoms with E-state index in [0.29, 0.717) is 0 Å². The Bertz CT molecular complexity index is 443. The van der Waals surface area contributed by atoms with Gasteiger partial charge in [0, 0.05) is 37.8 Å². The smallest absolute Gasteiger partial charge is 0.137 e.